The maximum atomic E-state index is 12.3. The quantitative estimate of drug-likeness (QED) is 0.0831. The third kappa shape index (κ3) is 15.5. The van der Waals surface area contributed by atoms with E-state index in [0.29, 0.717) is 25.2 Å². The van der Waals surface area contributed by atoms with Crippen LogP contribution in [0.4, 0.5) is 0 Å². The first-order valence-electron chi connectivity index (χ1n) is 11.9. The van der Waals surface area contributed by atoms with Crippen LogP contribution in [0.3, 0.4) is 0 Å². The summed E-state index contributed by atoms with van der Waals surface area (Å²) in [5, 5.41) is 0.171. The predicted octanol–water partition coefficient (Wildman–Crippen LogP) is 7.30. The summed E-state index contributed by atoms with van der Waals surface area (Å²) < 4.78 is 11.5. The van der Waals surface area contributed by atoms with E-state index in [1.807, 2.05) is 0 Å². The fraction of sp³-hybridized carbons (Fsp3) is 0.760. The summed E-state index contributed by atoms with van der Waals surface area (Å²) in [6.07, 6.45) is 12.3. The topological polar surface area (TPSA) is 52.6 Å². The van der Waals surface area contributed by atoms with Gasteiger partial charge < -0.3 is 9.16 Å². The van der Waals surface area contributed by atoms with Gasteiger partial charge >= 0.3 is 5.97 Å². The molecule has 0 aliphatic rings. The molecule has 6 heteroatoms. The average Bonchev–Trinajstić information content (AvgIpc) is 2.59. The number of Topliss-reactive ketones (excluding diaryl/α,β-unsaturated/α-hetero) is 1. The lowest BCUT2D eigenvalue weighted by Crippen LogP contribution is -2.43. The summed E-state index contributed by atoms with van der Waals surface area (Å²) in [5.41, 5.74) is 0. The molecular weight excluding hydrogens is 420 g/mol. The molecule has 0 saturated heterocycles. The SMILES string of the molecule is CCOC(=O)/C=C/CCCC(=O)CCCC(/C=C/C[Si](C)(C)C)O[Si](C)(C)C(C)(C)C. The minimum atomic E-state index is -1.86. The Morgan fingerprint density at radius 1 is 0.968 bits per heavy atom. The molecule has 0 amide bonds. The Balaban J connectivity index is 4.57. The number of carbonyl (C=O) groups excluding carboxylic acids is 2. The van der Waals surface area contributed by atoms with E-state index in [1.165, 1.54) is 6.08 Å². The highest BCUT2D eigenvalue weighted by atomic mass is 28.4. The number of hydrogen-bond donors (Lipinski definition) is 0. The Labute approximate surface area is 194 Å². The van der Waals surface area contributed by atoms with Crippen LogP contribution >= 0.6 is 0 Å². The van der Waals surface area contributed by atoms with Crippen LogP contribution in [-0.2, 0) is 18.8 Å². The van der Waals surface area contributed by atoms with E-state index in [2.05, 4.69) is 65.7 Å². The summed E-state index contributed by atoms with van der Waals surface area (Å²) >= 11 is 0. The van der Waals surface area contributed by atoms with Crippen LogP contribution in [0.1, 0.15) is 66.2 Å². The molecule has 0 fully saturated rings. The third-order valence-corrected chi connectivity index (χ3v) is 11.6. The monoisotopic (exact) mass is 468 g/mol. The van der Waals surface area contributed by atoms with E-state index in [-0.39, 0.29) is 17.1 Å². The molecule has 0 aromatic heterocycles. The molecule has 0 heterocycles. The largest absolute Gasteiger partial charge is 0.463 e. The molecule has 180 valence electrons. The first-order chi connectivity index (χ1) is 14.2. The van der Waals surface area contributed by atoms with Crippen molar-refractivity contribution in [1.29, 1.82) is 0 Å². The van der Waals surface area contributed by atoms with Gasteiger partial charge in [-0.05, 0) is 56.8 Å². The molecule has 0 aliphatic carbocycles. The lowest BCUT2D eigenvalue weighted by Gasteiger charge is -2.38. The van der Waals surface area contributed by atoms with Crippen molar-refractivity contribution in [3.05, 3.63) is 24.3 Å². The van der Waals surface area contributed by atoms with Gasteiger partial charge in [0.15, 0.2) is 8.32 Å². The lowest BCUT2D eigenvalue weighted by molar-refractivity contribution is -0.137. The smallest absolute Gasteiger partial charge is 0.330 e. The zero-order valence-corrected chi connectivity index (χ0v) is 23.7. The number of carbonyl (C=O) groups is 2. The van der Waals surface area contributed by atoms with E-state index in [1.54, 1.807) is 13.0 Å². The molecule has 4 nitrogen and oxygen atoms in total. The van der Waals surface area contributed by atoms with E-state index >= 15 is 0 Å². The molecular formula is C25H48O4Si2. The molecule has 0 aromatic rings. The van der Waals surface area contributed by atoms with Crippen molar-refractivity contribution in [1.82, 2.24) is 0 Å². The summed E-state index contributed by atoms with van der Waals surface area (Å²) in [6, 6.07) is 1.16. The second kappa shape index (κ2) is 14.2. The van der Waals surface area contributed by atoms with Crippen molar-refractivity contribution in [2.24, 2.45) is 0 Å². The molecule has 1 atom stereocenters. The van der Waals surface area contributed by atoms with Crippen molar-refractivity contribution in [2.75, 3.05) is 6.61 Å². The molecule has 0 bridgehead atoms. The summed E-state index contributed by atoms with van der Waals surface area (Å²) in [5.74, 6) is -0.0227. The van der Waals surface area contributed by atoms with Crippen LogP contribution < -0.4 is 0 Å². The fourth-order valence-electron chi connectivity index (χ4n) is 2.74. The summed E-state index contributed by atoms with van der Waals surface area (Å²) in [7, 11) is -2.98. The summed E-state index contributed by atoms with van der Waals surface area (Å²) in [6.45, 7) is 20.7. The molecule has 0 saturated carbocycles. The maximum absolute atomic E-state index is 12.3. The minimum Gasteiger partial charge on any atom is -0.463 e. The Hall–Kier alpha value is -0.986. The van der Waals surface area contributed by atoms with Crippen molar-refractivity contribution < 1.29 is 18.8 Å². The normalized spacial score (nSPS) is 14.4. The van der Waals surface area contributed by atoms with Crippen LogP contribution in [0.15, 0.2) is 24.3 Å². The van der Waals surface area contributed by atoms with E-state index in [9.17, 15) is 9.59 Å². The zero-order valence-electron chi connectivity index (χ0n) is 21.7. The number of esters is 1. The van der Waals surface area contributed by atoms with Crippen molar-refractivity contribution in [2.45, 2.75) is 116 Å². The van der Waals surface area contributed by atoms with Crippen molar-refractivity contribution in [3.8, 4) is 0 Å². The Morgan fingerprint density at radius 2 is 1.58 bits per heavy atom. The lowest BCUT2D eigenvalue weighted by atomic mass is 10.1. The van der Waals surface area contributed by atoms with Gasteiger partial charge in [-0.2, -0.15) is 0 Å². The van der Waals surface area contributed by atoms with Crippen LogP contribution in [0.25, 0.3) is 0 Å². The van der Waals surface area contributed by atoms with Gasteiger partial charge in [0.05, 0.1) is 12.7 Å². The van der Waals surface area contributed by atoms with E-state index < -0.39 is 16.4 Å². The van der Waals surface area contributed by atoms with Crippen LogP contribution in [-0.4, -0.2) is 40.9 Å². The first kappa shape index (κ1) is 30.0. The fourth-order valence-corrected chi connectivity index (χ4v) is 4.89. The van der Waals surface area contributed by atoms with Crippen molar-refractivity contribution in [3.63, 3.8) is 0 Å². The molecule has 0 radical (unpaired) electrons. The number of rotatable bonds is 15. The third-order valence-electron chi connectivity index (χ3n) is 5.64. The van der Waals surface area contributed by atoms with E-state index in [0.717, 1.165) is 31.7 Å². The van der Waals surface area contributed by atoms with Gasteiger partial charge in [-0.3, -0.25) is 4.79 Å². The highest BCUT2D eigenvalue weighted by Gasteiger charge is 2.38. The van der Waals surface area contributed by atoms with Gasteiger partial charge in [-0.15, -0.1) is 0 Å². The first-order valence-corrected chi connectivity index (χ1v) is 18.5. The highest BCUT2D eigenvalue weighted by Crippen LogP contribution is 2.38. The van der Waals surface area contributed by atoms with Crippen LogP contribution in [0.5, 0.6) is 0 Å². The number of unbranched alkanes of at least 4 members (excludes halogenated alkanes) is 1. The molecule has 0 aromatic carbocycles. The molecule has 0 N–H and O–H groups in total. The zero-order chi connectivity index (χ0) is 24.1. The van der Waals surface area contributed by atoms with Crippen LogP contribution in [0, 0.1) is 0 Å². The highest BCUT2D eigenvalue weighted by molar-refractivity contribution is 6.76. The number of ketones is 1. The number of allylic oxidation sites excluding steroid dienone is 2. The van der Waals surface area contributed by atoms with Gasteiger partial charge in [-0.25, -0.2) is 4.79 Å². The number of ether oxygens (including phenoxy) is 1. The maximum Gasteiger partial charge on any atom is 0.330 e. The molecule has 31 heavy (non-hydrogen) atoms. The average molecular weight is 469 g/mol. The number of hydrogen-bond acceptors (Lipinski definition) is 4. The Bertz CT molecular complexity index is 596. The predicted molar refractivity (Wildman–Crippen MR) is 138 cm³/mol. The molecule has 0 spiro atoms. The second-order valence-electron chi connectivity index (χ2n) is 11.1. The Morgan fingerprint density at radius 3 is 2.13 bits per heavy atom. The molecule has 1 unspecified atom stereocenters. The van der Waals surface area contributed by atoms with Gasteiger partial charge in [0.2, 0.25) is 0 Å². The minimum absolute atomic E-state index is 0.0950. The summed E-state index contributed by atoms with van der Waals surface area (Å²) in [4.78, 5) is 23.5. The standard InChI is InChI=1S/C25H48O4Si2/c1-10-28-24(27)20-13-11-12-16-22(26)17-14-18-23(19-15-21-30(5,6)7)29-31(8,9)25(2,3)4/h13,15,19-20,23H,10-12,14,16-18,21H2,1-9H3/b19-15+,20-13+. The van der Waals surface area contributed by atoms with Gasteiger partial charge in [0.1, 0.15) is 5.78 Å². The van der Waals surface area contributed by atoms with Crippen LogP contribution in [0.2, 0.25) is 43.8 Å². The van der Waals surface area contributed by atoms with Gasteiger partial charge in [-0.1, -0.05) is 58.6 Å². The van der Waals surface area contributed by atoms with E-state index in [4.69, 9.17) is 9.16 Å². The molecule has 0 aliphatic heterocycles. The van der Waals surface area contributed by atoms with Gasteiger partial charge in [0.25, 0.3) is 0 Å². The second-order valence-corrected chi connectivity index (χ2v) is 21.4. The molecule has 0 rings (SSSR count). The van der Waals surface area contributed by atoms with Crippen molar-refractivity contribution >= 4 is 28.1 Å². The Kier molecular flexibility index (Phi) is 13.8. The van der Waals surface area contributed by atoms with Gasteiger partial charge in [0, 0.05) is 27.0 Å².